The lowest BCUT2D eigenvalue weighted by Crippen LogP contribution is -2.42. The van der Waals surface area contributed by atoms with E-state index in [1.54, 1.807) is 13.8 Å². The zero-order valence-corrected chi connectivity index (χ0v) is 12.2. The van der Waals surface area contributed by atoms with Crippen molar-refractivity contribution in [1.82, 2.24) is 4.90 Å². The van der Waals surface area contributed by atoms with Crippen molar-refractivity contribution in [2.45, 2.75) is 52.1 Å². The summed E-state index contributed by atoms with van der Waals surface area (Å²) in [5.74, 6) is -2.03. The number of alkyl halides is 3. The van der Waals surface area contributed by atoms with Gasteiger partial charge >= 0.3 is 12.1 Å². The molecule has 0 aromatic rings. The van der Waals surface area contributed by atoms with Crippen LogP contribution in [0.1, 0.15) is 46.0 Å². The summed E-state index contributed by atoms with van der Waals surface area (Å²) >= 11 is 0. The highest BCUT2D eigenvalue weighted by Crippen LogP contribution is 2.33. The summed E-state index contributed by atoms with van der Waals surface area (Å²) in [7, 11) is 0. The van der Waals surface area contributed by atoms with Gasteiger partial charge in [0.15, 0.2) is 0 Å². The Kier molecular flexibility index (Phi) is 5.86. The van der Waals surface area contributed by atoms with Gasteiger partial charge in [-0.15, -0.1) is 0 Å². The molecule has 6 heteroatoms. The van der Waals surface area contributed by atoms with Gasteiger partial charge in [-0.3, -0.25) is 4.79 Å². The molecule has 0 saturated carbocycles. The Morgan fingerprint density at radius 2 is 1.95 bits per heavy atom. The van der Waals surface area contributed by atoms with E-state index in [-0.39, 0.29) is 13.0 Å². The molecule has 1 unspecified atom stereocenters. The van der Waals surface area contributed by atoms with Crippen molar-refractivity contribution in [3.8, 4) is 0 Å². The zero-order chi connectivity index (χ0) is 15.4. The molecule has 1 fully saturated rings. The predicted molar refractivity (Wildman–Crippen MR) is 70.5 cm³/mol. The fraction of sp³-hybridized carbons (Fsp3) is 0.929. The van der Waals surface area contributed by atoms with Crippen LogP contribution >= 0.6 is 0 Å². The molecule has 0 aromatic heterocycles. The number of carboxylic acids is 1. The number of hydrogen-bond donors (Lipinski definition) is 1. The molecular formula is C14H24F3NO2. The Balaban J connectivity index is 2.27. The fourth-order valence-electron chi connectivity index (χ4n) is 2.54. The minimum atomic E-state index is -4.09. The molecule has 1 atom stereocenters. The number of hydrogen-bond acceptors (Lipinski definition) is 2. The Morgan fingerprint density at radius 3 is 2.50 bits per heavy atom. The second kappa shape index (κ2) is 6.78. The van der Waals surface area contributed by atoms with Crippen LogP contribution in [0.3, 0.4) is 0 Å². The third kappa shape index (κ3) is 5.31. The minimum absolute atomic E-state index is 0.0891. The smallest absolute Gasteiger partial charge is 0.393 e. The van der Waals surface area contributed by atoms with Gasteiger partial charge < -0.3 is 10.0 Å². The van der Waals surface area contributed by atoms with Gasteiger partial charge in [-0.2, -0.15) is 13.2 Å². The first-order valence-corrected chi connectivity index (χ1v) is 7.15. The summed E-state index contributed by atoms with van der Waals surface area (Å²) in [5, 5.41) is 8.98. The van der Waals surface area contributed by atoms with Crippen LogP contribution in [0.25, 0.3) is 0 Å². The first-order chi connectivity index (χ1) is 9.13. The Bertz CT molecular complexity index is 329. The van der Waals surface area contributed by atoms with Crippen molar-refractivity contribution in [2.75, 3.05) is 19.6 Å². The number of unbranched alkanes of at least 4 members (excludes halogenated alkanes) is 1. The topological polar surface area (TPSA) is 40.5 Å². The fourth-order valence-corrected chi connectivity index (χ4v) is 2.54. The predicted octanol–water partition coefficient (Wildman–Crippen LogP) is 3.54. The molecule has 1 saturated heterocycles. The van der Waals surface area contributed by atoms with Crippen molar-refractivity contribution in [2.24, 2.45) is 11.3 Å². The van der Waals surface area contributed by atoms with Gasteiger partial charge in [-0.1, -0.05) is 6.42 Å². The van der Waals surface area contributed by atoms with Gasteiger partial charge in [0.05, 0.1) is 11.3 Å². The number of aliphatic carboxylic acids is 1. The molecule has 1 rings (SSSR count). The number of piperidine rings is 1. The van der Waals surface area contributed by atoms with Crippen LogP contribution in [0.2, 0.25) is 0 Å². The van der Waals surface area contributed by atoms with Gasteiger partial charge in [0, 0.05) is 6.54 Å². The van der Waals surface area contributed by atoms with Gasteiger partial charge in [0.1, 0.15) is 0 Å². The SMILES string of the molecule is CC(C)(CCCCN1CCCC(C(F)(F)F)C1)C(=O)O. The maximum Gasteiger partial charge on any atom is 0.393 e. The summed E-state index contributed by atoms with van der Waals surface area (Å²) in [4.78, 5) is 12.8. The van der Waals surface area contributed by atoms with Crippen LogP contribution in [0.5, 0.6) is 0 Å². The number of nitrogens with zero attached hydrogens (tertiary/aromatic N) is 1. The van der Waals surface area contributed by atoms with E-state index in [1.165, 1.54) is 0 Å². The molecule has 0 bridgehead atoms. The highest BCUT2D eigenvalue weighted by molar-refractivity contribution is 5.73. The van der Waals surface area contributed by atoms with E-state index in [0.717, 1.165) is 19.4 Å². The highest BCUT2D eigenvalue weighted by atomic mass is 19.4. The van der Waals surface area contributed by atoms with Gasteiger partial charge in [0.2, 0.25) is 0 Å². The van der Waals surface area contributed by atoms with Crippen LogP contribution in [0.15, 0.2) is 0 Å². The third-order valence-corrected chi connectivity index (χ3v) is 4.07. The molecule has 20 heavy (non-hydrogen) atoms. The van der Waals surface area contributed by atoms with E-state index < -0.39 is 23.5 Å². The van der Waals surface area contributed by atoms with Crippen LogP contribution in [0, 0.1) is 11.3 Å². The largest absolute Gasteiger partial charge is 0.481 e. The van der Waals surface area contributed by atoms with Gasteiger partial charge in [0.25, 0.3) is 0 Å². The molecule has 0 aromatic carbocycles. The summed E-state index contributed by atoms with van der Waals surface area (Å²) in [5.41, 5.74) is -0.754. The summed E-state index contributed by atoms with van der Waals surface area (Å²) in [6, 6.07) is 0. The second-order valence-electron chi connectivity index (χ2n) is 6.33. The molecule has 0 aliphatic carbocycles. The van der Waals surface area contributed by atoms with Crippen LogP contribution in [0.4, 0.5) is 13.2 Å². The molecule has 3 nitrogen and oxygen atoms in total. The molecule has 1 heterocycles. The molecule has 0 spiro atoms. The van der Waals surface area contributed by atoms with E-state index in [0.29, 0.717) is 19.4 Å². The molecule has 1 N–H and O–H groups in total. The highest BCUT2D eigenvalue weighted by Gasteiger charge is 2.41. The maximum atomic E-state index is 12.7. The van der Waals surface area contributed by atoms with Crippen molar-refractivity contribution in [3.63, 3.8) is 0 Å². The number of rotatable bonds is 6. The quantitative estimate of drug-likeness (QED) is 0.762. The molecular weight excluding hydrogens is 271 g/mol. The minimum Gasteiger partial charge on any atom is -0.481 e. The van der Waals surface area contributed by atoms with E-state index >= 15 is 0 Å². The van der Waals surface area contributed by atoms with E-state index in [2.05, 4.69) is 0 Å². The lowest BCUT2D eigenvalue weighted by atomic mass is 9.87. The van der Waals surface area contributed by atoms with Crippen LogP contribution in [-0.4, -0.2) is 41.8 Å². The zero-order valence-electron chi connectivity index (χ0n) is 12.2. The first kappa shape index (κ1) is 17.3. The van der Waals surface area contributed by atoms with Gasteiger partial charge in [-0.25, -0.2) is 0 Å². The monoisotopic (exact) mass is 295 g/mol. The van der Waals surface area contributed by atoms with Crippen molar-refractivity contribution in [1.29, 1.82) is 0 Å². The Morgan fingerprint density at radius 1 is 1.30 bits per heavy atom. The average molecular weight is 295 g/mol. The second-order valence-corrected chi connectivity index (χ2v) is 6.33. The van der Waals surface area contributed by atoms with E-state index in [1.807, 2.05) is 4.90 Å². The lowest BCUT2D eigenvalue weighted by molar-refractivity contribution is -0.186. The number of carbonyl (C=O) groups is 1. The molecule has 118 valence electrons. The third-order valence-electron chi connectivity index (χ3n) is 4.07. The van der Waals surface area contributed by atoms with Crippen molar-refractivity contribution >= 4 is 5.97 Å². The standard InChI is InChI=1S/C14H24F3NO2/c1-13(2,12(19)20)7-3-4-8-18-9-5-6-11(10-18)14(15,16)17/h11H,3-10H2,1-2H3,(H,19,20). The van der Waals surface area contributed by atoms with E-state index in [4.69, 9.17) is 5.11 Å². The van der Waals surface area contributed by atoms with Crippen molar-refractivity contribution < 1.29 is 23.1 Å². The number of carboxylic acid groups (broad SMARTS) is 1. The summed E-state index contributed by atoms with van der Waals surface area (Å²) in [6.45, 7) is 4.79. The van der Waals surface area contributed by atoms with Gasteiger partial charge in [-0.05, 0) is 52.6 Å². The Labute approximate surface area is 118 Å². The first-order valence-electron chi connectivity index (χ1n) is 7.15. The average Bonchev–Trinajstić information content (AvgIpc) is 2.34. The summed E-state index contributed by atoms with van der Waals surface area (Å²) in [6.07, 6.45) is -1.24. The van der Waals surface area contributed by atoms with E-state index in [9.17, 15) is 18.0 Å². The summed E-state index contributed by atoms with van der Waals surface area (Å²) < 4.78 is 38.0. The molecule has 0 amide bonds. The molecule has 0 radical (unpaired) electrons. The van der Waals surface area contributed by atoms with Crippen molar-refractivity contribution in [3.05, 3.63) is 0 Å². The Hall–Kier alpha value is -0.780. The van der Waals surface area contributed by atoms with Crippen LogP contribution < -0.4 is 0 Å². The van der Waals surface area contributed by atoms with Crippen LogP contribution in [-0.2, 0) is 4.79 Å². The maximum absolute atomic E-state index is 12.7. The normalized spacial score (nSPS) is 21.9. The molecule has 1 aliphatic heterocycles. The number of halogens is 3. The lowest BCUT2D eigenvalue weighted by Gasteiger charge is -2.33. The number of likely N-dealkylation sites (tertiary alicyclic amines) is 1. The molecule has 1 aliphatic rings.